The maximum absolute atomic E-state index is 13.4. The number of anilines is 1. The van der Waals surface area contributed by atoms with Gasteiger partial charge in [0.25, 0.3) is 0 Å². The normalized spacial score (nSPS) is 38.1. The summed E-state index contributed by atoms with van der Waals surface area (Å²) in [5.41, 5.74) is -0.553. The molecular formula is C25H32N2O6. The van der Waals surface area contributed by atoms with Gasteiger partial charge >= 0.3 is 11.9 Å². The Balaban J connectivity index is 1.84. The Morgan fingerprint density at radius 2 is 2.06 bits per heavy atom. The molecule has 5 rings (SSSR count). The first-order valence-electron chi connectivity index (χ1n) is 11.6. The van der Waals surface area contributed by atoms with Crippen LogP contribution in [0.1, 0.15) is 37.8 Å². The van der Waals surface area contributed by atoms with Crippen molar-refractivity contribution in [3.63, 3.8) is 0 Å². The second-order valence-corrected chi connectivity index (χ2v) is 9.81. The number of aryl methyl sites for hydroxylation is 1. The summed E-state index contributed by atoms with van der Waals surface area (Å²) in [6.45, 7) is 6.92. The highest BCUT2D eigenvalue weighted by Crippen LogP contribution is 2.66. The molecule has 1 aromatic carbocycles. The first-order valence-corrected chi connectivity index (χ1v) is 11.6. The van der Waals surface area contributed by atoms with E-state index < -0.39 is 40.5 Å². The van der Waals surface area contributed by atoms with Crippen molar-refractivity contribution in [3.05, 3.63) is 35.4 Å². The van der Waals surface area contributed by atoms with Gasteiger partial charge in [0, 0.05) is 42.1 Å². The summed E-state index contributed by atoms with van der Waals surface area (Å²) in [5, 5.41) is 15.8. The van der Waals surface area contributed by atoms with Crippen LogP contribution in [0.15, 0.2) is 24.3 Å². The Bertz CT molecular complexity index is 1060. The molecule has 8 nitrogen and oxygen atoms in total. The number of carbonyl (C=O) groups excluding carboxylic acids is 2. The molecule has 8 heteroatoms. The van der Waals surface area contributed by atoms with E-state index >= 15 is 0 Å². The van der Waals surface area contributed by atoms with E-state index in [0.717, 1.165) is 42.1 Å². The van der Waals surface area contributed by atoms with Crippen molar-refractivity contribution in [3.8, 4) is 5.75 Å². The molecule has 3 heterocycles. The molecule has 6 atom stereocenters. The van der Waals surface area contributed by atoms with Gasteiger partial charge in [0.2, 0.25) is 5.60 Å². The predicted molar refractivity (Wildman–Crippen MR) is 121 cm³/mol. The second-order valence-electron chi connectivity index (χ2n) is 9.81. The van der Waals surface area contributed by atoms with Crippen molar-refractivity contribution >= 4 is 17.6 Å². The third-order valence-electron chi connectivity index (χ3n) is 8.53. The van der Waals surface area contributed by atoms with E-state index in [4.69, 9.17) is 14.2 Å². The van der Waals surface area contributed by atoms with Crippen LogP contribution in [-0.2, 0) is 24.5 Å². The summed E-state index contributed by atoms with van der Waals surface area (Å²) in [5.74, 6) is -0.611. The van der Waals surface area contributed by atoms with Crippen LogP contribution in [0, 0.1) is 12.3 Å². The molecule has 1 saturated heterocycles. The molecule has 0 bridgehead atoms. The van der Waals surface area contributed by atoms with Gasteiger partial charge in [-0.15, -0.1) is 0 Å². The van der Waals surface area contributed by atoms with Crippen molar-refractivity contribution < 1.29 is 28.9 Å². The van der Waals surface area contributed by atoms with Gasteiger partial charge in [0.15, 0.2) is 6.10 Å². The topological polar surface area (TPSA) is 97.3 Å². The zero-order valence-corrected chi connectivity index (χ0v) is 19.8. The summed E-state index contributed by atoms with van der Waals surface area (Å²) < 4.78 is 16.6. The Kier molecular flexibility index (Phi) is 4.85. The van der Waals surface area contributed by atoms with E-state index in [1.807, 2.05) is 19.9 Å². The number of carbonyl (C=O) groups is 2. The molecule has 0 radical (unpaired) electrons. The molecule has 2 N–H and O–H groups in total. The van der Waals surface area contributed by atoms with Gasteiger partial charge in [-0.1, -0.05) is 19.1 Å². The first kappa shape index (κ1) is 22.2. The number of hydrogen-bond donors (Lipinski definition) is 2. The molecule has 1 saturated carbocycles. The smallest absolute Gasteiger partial charge is 0.344 e. The van der Waals surface area contributed by atoms with Crippen molar-refractivity contribution in [2.24, 2.45) is 5.41 Å². The number of fused-ring (bicyclic) bond motifs is 1. The fraction of sp³-hybridized carbons (Fsp3) is 0.600. The van der Waals surface area contributed by atoms with Gasteiger partial charge in [-0.05, 0) is 43.5 Å². The van der Waals surface area contributed by atoms with E-state index in [1.165, 1.54) is 14.0 Å². The number of hydrogen-bond acceptors (Lipinski definition) is 8. The largest absolute Gasteiger partial charge is 0.496 e. The third kappa shape index (κ3) is 2.53. The van der Waals surface area contributed by atoms with Crippen molar-refractivity contribution in [1.29, 1.82) is 0 Å². The van der Waals surface area contributed by atoms with Crippen LogP contribution in [0.4, 0.5) is 5.69 Å². The second kappa shape index (κ2) is 7.21. The summed E-state index contributed by atoms with van der Waals surface area (Å²) in [6, 6.07) is 3.25. The first-order chi connectivity index (χ1) is 15.7. The summed E-state index contributed by atoms with van der Waals surface area (Å²) in [6.07, 6.45) is 4.36. The summed E-state index contributed by atoms with van der Waals surface area (Å²) in [7, 11) is 2.89. The average molecular weight is 457 g/mol. The fourth-order valence-corrected chi connectivity index (χ4v) is 7.42. The molecule has 2 fully saturated rings. The van der Waals surface area contributed by atoms with Crippen LogP contribution in [-0.4, -0.2) is 73.0 Å². The zero-order valence-electron chi connectivity index (χ0n) is 19.8. The highest BCUT2D eigenvalue weighted by atomic mass is 16.6. The van der Waals surface area contributed by atoms with Crippen LogP contribution < -0.4 is 10.1 Å². The molecule has 0 amide bonds. The molecule has 1 aliphatic carbocycles. The van der Waals surface area contributed by atoms with Crippen molar-refractivity contribution in [2.45, 2.75) is 62.8 Å². The lowest BCUT2D eigenvalue weighted by Crippen LogP contribution is -2.80. The molecule has 1 unspecified atom stereocenters. The van der Waals surface area contributed by atoms with Crippen LogP contribution in [0.2, 0.25) is 0 Å². The van der Waals surface area contributed by atoms with Gasteiger partial charge in [-0.2, -0.15) is 0 Å². The van der Waals surface area contributed by atoms with Gasteiger partial charge < -0.3 is 24.6 Å². The number of nitrogens with one attached hydrogen (secondary N) is 1. The Labute approximate surface area is 193 Å². The maximum atomic E-state index is 13.4. The lowest BCUT2D eigenvalue weighted by Gasteiger charge is -2.62. The van der Waals surface area contributed by atoms with Crippen LogP contribution in [0.5, 0.6) is 5.75 Å². The van der Waals surface area contributed by atoms with E-state index in [0.29, 0.717) is 6.42 Å². The van der Waals surface area contributed by atoms with Gasteiger partial charge in [-0.3, -0.25) is 9.69 Å². The molecular weight excluding hydrogens is 424 g/mol. The highest BCUT2D eigenvalue weighted by Gasteiger charge is 2.79. The maximum Gasteiger partial charge on any atom is 0.344 e. The number of esters is 2. The van der Waals surface area contributed by atoms with E-state index in [-0.39, 0.29) is 6.04 Å². The van der Waals surface area contributed by atoms with Crippen LogP contribution in [0.3, 0.4) is 0 Å². The number of ether oxygens (including phenoxy) is 3. The number of nitrogens with zero attached hydrogens (tertiary/aromatic N) is 1. The van der Waals surface area contributed by atoms with E-state index in [9.17, 15) is 14.7 Å². The molecule has 178 valence electrons. The minimum Gasteiger partial charge on any atom is -0.496 e. The number of benzene rings is 1. The zero-order chi connectivity index (χ0) is 23.8. The van der Waals surface area contributed by atoms with Gasteiger partial charge in [0.1, 0.15) is 5.75 Å². The summed E-state index contributed by atoms with van der Waals surface area (Å²) in [4.78, 5) is 28.1. The molecule has 4 aliphatic rings. The number of methoxy groups -OCH3 is 2. The van der Waals surface area contributed by atoms with Crippen LogP contribution >= 0.6 is 0 Å². The highest BCUT2D eigenvalue weighted by molar-refractivity contribution is 5.86. The Morgan fingerprint density at radius 3 is 2.70 bits per heavy atom. The third-order valence-corrected chi connectivity index (χ3v) is 8.53. The Morgan fingerprint density at radius 1 is 1.30 bits per heavy atom. The predicted octanol–water partition coefficient (Wildman–Crippen LogP) is 1.93. The van der Waals surface area contributed by atoms with Crippen LogP contribution in [0.25, 0.3) is 0 Å². The lowest BCUT2D eigenvalue weighted by atomic mass is 9.48. The SMILES string of the molecule is CC[C@]12C=CCN3CC[C@@]4(c5cc(C)c(OC)cc5N[C@H]4[C@@](O)(C(=O)OC)[C@@H]1OC(C)=O)C32. The lowest BCUT2D eigenvalue weighted by molar-refractivity contribution is -0.226. The molecule has 1 spiro atoms. The van der Waals surface area contributed by atoms with E-state index in [1.54, 1.807) is 7.11 Å². The molecule has 1 aromatic rings. The number of aliphatic hydroxyl groups is 1. The van der Waals surface area contributed by atoms with Gasteiger partial charge in [0.05, 0.1) is 20.3 Å². The summed E-state index contributed by atoms with van der Waals surface area (Å²) >= 11 is 0. The minimum absolute atomic E-state index is 0.0687. The van der Waals surface area contributed by atoms with Crippen molar-refractivity contribution in [2.75, 3.05) is 32.6 Å². The molecule has 33 heavy (non-hydrogen) atoms. The quantitative estimate of drug-likeness (QED) is 0.524. The van der Waals surface area contributed by atoms with Crippen molar-refractivity contribution in [1.82, 2.24) is 4.90 Å². The minimum atomic E-state index is -2.09. The Hall–Kier alpha value is -2.58. The molecule has 3 aliphatic heterocycles. The standard InChI is InChI=1S/C25H32N2O6/c1-6-23-8-7-10-27-11-9-24(20(23)27)16-12-14(2)18(31-4)13-17(16)26-19(24)25(30,22(29)32-5)21(23)33-15(3)28/h7-8,12-13,19-21,26,30H,6,9-11H2,1-5H3/t19-,20?,21-,23-,24+,25+/m1/s1. The average Bonchev–Trinajstić information content (AvgIpc) is 3.35. The molecule has 0 aromatic heterocycles. The fourth-order valence-electron chi connectivity index (χ4n) is 7.42. The monoisotopic (exact) mass is 456 g/mol. The number of rotatable bonds is 4. The van der Waals surface area contributed by atoms with Gasteiger partial charge in [-0.25, -0.2) is 4.79 Å². The van der Waals surface area contributed by atoms with E-state index in [2.05, 4.69) is 28.4 Å².